The standard InChI is InChI=1S/Al.O3Si.Sr/c;1-4(2)3;/q+3;-2;+2. The molecule has 24 valence electrons. The van der Waals surface area contributed by atoms with Crippen molar-refractivity contribution in [2.75, 3.05) is 0 Å². The van der Waals surface area contributed by atoms with Gasteiger partial charge in [-0.2, -0.15) is 0 Å². The molecule has 0 aromatic carbocycles. The first kappa shape index (κ1) is 15.6. The largest absolute Gasteiger partial charge is 3.00 e. The predicted octanol–water partition coefficient (Wildman–Crippen LogP) is -3.64. The van der Waals surface area contributed by atoms with E-state index in [4.69, 9.17) is 14.1 Å². The molecule has 3 nitrogen and oxygen atoms in total. The van der Waals surface area contributed by atoms with Crippen molar-refractivity contribution in [3.63, 3.8) is 0 Å². The molecule has 6 heavy (non-hydrogen) atoms. The molecule has 0 fully saturated rings. The second kappa shape index (κ2) is 9.80. The molecule has 0 aliphatic heterocycles. The van der Waals surface area contributed by atoms with E-state index in [0.717, 1.165) is 0 Å². The van der Waals surface area contributed by atoms with Crippen LogP contribution in [0.3, 0.4) is 0 Å². The van der Waals surface area contributed by atoms with Crippen molar-refractivity contribution in [1.82, 2.24) is 0 Å². The molecule has 0 heterocycles. The fourth-order valence-electron chi connectivity index (χ4n) is 0. The summed E-state index contributed by atoms with van der Waals surface area (Å²) in [6.45, 7) is 0. The molecule has 6 heteroatoms. The summed E-state index contributed by atoms with van der Waals surface area (Å²) < 4.78 is 8.52. The van der Waals surface area contributed by atoms with Gasteiger partial charge in [0.05, 0.1) is 0 Å². The maximum atomic E-state index is 8.52. The average molecular weight is 191 g/mol. The van der Waals surface area contributed by atoms with Gasteiger partial charge in [-0.25, -0.2) is 0 Å². The second-order valence-corrected chi connectivity index (χ2v) is 0.750. The Bertz CT molecular complexity index is 33.8. The quantitative estimate of drug-likeness (QED) is 0.371. The van der Waals surface area contributed by atoms with E-state index in [1.165, 1.54) is 0 Å². The van der Waals surface area contributed by atoms with Crippen LogP contribution in [-0.2, 0) is 4.46 Å². The van der Waals surface area contributed by atoms with E-state index in [9.17, 15) is 0 Å². The van der Waals surface area contributed by atoms with Gasteiger partial charge >= 0.3 is 62.8 Å². The fraction of sp³-hybridized carbons (Fsp3) is 0. The van der Waals surface area contributed by atoms with Crippen molar-refractivity contribution >= 4 is 72.0 Å². The van der Waals surface area contributed by atoms with Gasteiger partial charge in [0.25, 0.3) is 0 Å². The summed E-state index contributed by atoms with van der Waals surface area (Å²) in [6.07, 6.45) is 0. The molecule has 0 atom stereocenters. The average Bonchev–Trinajstić information content (AvgIpc) is 0.811. The maximum absolute atomic E-state index is 8.52. The van der Waals surface area contributed by atoms with Crippen LogP contribution >= 0.6 is 0 Å². The molecular weight excluding hydrogens is 191 g/mol. The van der Waals surface area contributed by atoms with Crippen LogP contribution in [0.2, 0.25) is 0 Å². The monoisotopic (exact) mass is 191 g/mol. The van der Waals surface area contributed by atoms with Crippen molar-refractivity contribution in [3.8, 4) is 0 Å². The molecule has 0 bridgehead atoms. The Hall–Kier alpha value is 1.63. The molecule has 0 amide bonds. The predicted molar refractivity (Wildman–Crippen MR) is 17.9 cm³/mol. The van der Waals surface area contributed by atoms with Crippen molar-refractivity contribution in [1.29, 1.82) is 0 Å². The van der Waals surface area contributed by atoms with E-state index in [-0.39, 0.29) is 62.8 Å². The van der Waals surface area contributed by atoms with Gasteiger partial charge in [0, 0.05) is 9.17 Å². The van der Waals surface area contributed by atoms with Crippen LogP contribution < -0.4 is 9.59 Å². The summed E-state index contributed by atoms with van der Waals surface area (Å²) in [5, 5.41) is 0. The molecule has 0 saturated heterocycles. The number of hydrogen-bond donors (Lipinski definition) is 0. The van der Waals surface area contributed by atoms with Crippen LogP contribution in [-0.4, -0.2) is 72.0 Å². The Morgan fingerprint density at radius 2 is 1.33 bits per heavy atom. The first-order valence-electron chi connectivity index (χ1n) is 0.612. The minimum absolute atomic E-state index is 0. The zero-order valence-electron chi connectivity index (χ0n) is 3.01. The Labute approximate surface area is 84.7 Å². The minimum atomic E-state index is -3.63. The van der Waals surface area contributed by atoms with Gasteiger partial charge in [-0.3, -0.25) is 0 Å². The number of hydrogen-bond acceptors (Lipinski definition) is 3. The first-order valence-corrected chi connectivity index (χ1v) is 1.84. The molecular formula is AlO3SiSr+3. The smallest absolute Gasteiger partial charge is 0.672 e. The first-order chi connectivity index (χ1) is 1.73. The Morgan fingerprint density at radius 1 is 1.33 bits per heavy atom. The summed E-state index contributed by atoms with van der Waals surface area (Å²) in [5.74, 6) is 0. The molecule has 0 aromatic heterocycles. The van der Waals surface area contributed by atoms with Crippen molar-refractivity contribution < 1.29 is 14.1 Å². The Morgan fingerprint density at radius 3 is 1.33 bits per heavy atom. The van der Waals surface area contributed by atoms with Crippen LogP contribution in [0.1, 0.15) is 0 Å². The molecule has 0 radical (unpaired) electrons. The molecule has 0 aliphatic rings. The van der Waals surface area contributed by atoms with E-state index in [2.05, 4.69) is 0 Å². The van der Waals surface area contributed by atoms with E-state index in [1.807, 2.05) is 0 Å². The summed E-state index contributed by atoms with van der Waals surface area (Å²) in [7, 11) is -3.63. The topological polar surface area (TPSA) is 63.2 Å². The fourth-order valence-corrected chi connectivity index (χ4v) is 0. The SMILES string of the molecule is O=[Si]([O-])[O-].[Al+3].[Sr+2]. The summed E-state index contributed by atoms with van der Waals surface area (Å²) in [5.41, 5.74) is 0. The van der Waals surface area contributed by atoms with Gasteiger partial charge in [-0.05, 0) is 0 Å². The van der Waals surface area contributed by atoms with Crippen LogP contribution in [0.4, 0.5) is 0 Å². The minimum Gasteiger partial charge on any atom is -0.672 e. The van der Waals surface area contributed by atoms with Gasteiger partial charge in [-0.15, -0.1) is 0 Å². The van der Waals surface area contributed by atoms with Gasteiger partial charge in [0.15, 0.2) is 0 Å². The van der Waals surface area contributed by atoms with Crippen molar-refractivity contribution in [2.45, 2.75) is 0 Å². The van der Waals surface area contributed by atoms with Gasteiger partial charge in [0.2, 0.25) is 0 Å². The molecule has 0 N–H and O–H groups in total. The maximum Gasteiger partial charge on any atom is 3.00 e. The molecule has 0 spiro atoms. The third-order valence-corrected chi connectivity index (χ3v) is 0. The number of rotatable bonds is 0. The van der Waals surface area contributed by atoms with Crippen LogP contribution in [0.15, 0.2) is 0 Å². The van der Waals surface area contributed by atoms with Gasteiger partial charge in [-0.1, -0.05) is 0 Å². The summed E-state index contributed by atoms with van der Waals surface area (Å²) >= 11 is 0. The Kier molecular flexibility index (Phi) is 25.6. The Balaban J connectivity index is -0.0000000450. The van der Waals surface area contributed by atoms with Gasteiger partial charge < -0.3 is 14.1 Å². The van der Waals surface area contributed by atoms with Crippen LogP contribution in [0, 0.1) is 0 Å². The second-order valence-electron chi connectivity index (χ2n) is 0.250. The summed E-state index contributed by atoms with van der Waals surface area (Å²) in [4.78, 5) is 17.0. The van der Waals surface area contributed by atoms with Crippen molar-refractivity contribution in [3.05, 3.63) is 0 Å². The zero-order valence-corrected chi connectivity index (χ0v) is 8.64. The third kappa shape index (κ3) is 45.4. The third-order valence-electron chi connectivity index (χ3n) is 0. The van der Waals surface area contributed by atoms with E-state index < -0.39 is 9.17 Å². The van der Waals surface area contributed by atoms with Crippen LogP contribution in [0.25, 0.3) is 0 Å². The van der Waals surface area contributed by atoms with Crippen molar-refractivity contribution in [2.24, 2.45) is 0 Å². The normalized spacial score (nSPS) is 4.00. The zero-order chi connectivity index (χ0) is 3.58. The molecule has 0 aromatic rings. The molecule has 0 rings (SSSR count). The van der Waals surface area contributed by atoms with Gasteiger partial charge in [0.1, 0.15) is 0 Å². The molecule has 0 unspecified atom stereocenters. The van der Waals surface area contributed by atoms with E-state index in [1.54, 1.807) is 0 Å². The molecule has 0 aliphatic carbocycles. The van der Waals surface area contributed by atoms with E-state index in [0.29, 0.717) is 0 Å². The summed E-state index contributed by atoms with van der Waals surface area (Å²) in [6, 6.07) is 0. The van der Waals surface area contributed by atoms with E-state index >= 15 is 0 Å². The molecule has 0 saturated carbocycles. The van der Waals surface area contributed by atoms with Crippen LogP contribution in [0.5, 0.6) is 0 Å².